The lowest BCUT2D eigenvalue weighted by atomic mass is 10.0. The van der Waals surface area contributed by atoms with Crippen molar-refractivity contribution in [2.75, 3.05) is 44.4 Å². The molecule has 29 heavy (non-hydrogen) atoms. The van der Waals surface area contributed by atoms with E-state index in [1.54, 1.807) is 18.0 Å². The summed E-state index contributed by atoms with van der Waals surface area (Å²) in [5, 5.41) is 12.2. The fraction of sp³-hybridized carbons (Fsp3) is 0.600. The van der Waals surface area contributed by atoms with Crippen LogP contribution in [0.5, 0.6) is 0 Å². The molecule has 0 atom stereocenters. The first-order valence-electron chi connectivity index (χ1n) is 10.0. The van der Waals surface area contributed by atoms with Gasteiger partial charge in [-0.15, -0.1) is 0 Å². The van der Waals surface area contributed by atoms with Crippen molar-refractivity contribution in [2.24, 2.45) is 0 Å². The van der Waals surface area contributed by atoms with E-state index in [9.17, 15) is 13.2 Å². The molecule has 1 aromatic rings. The molecule has 2 aliphatic rings. The van der Waals surface area contributed by atoms with Crippen molar-refractivity contribution in [2.45, 2.75) is 37.8 Å². The normalized spacial score (nSPS) is 19.6. The molecule has 1 N–H and O–H groups in total. The van der Waals surface area contributed by atoms with Crippen molar-refractivity contribution in [3.63, 3.8) is 0 Å². The van der Waals surface area contributed by atoms with E-state index in [1.165, 1.54) is 10.6 Å². The molecule has 9 heteroatoms. The van der Waals surface area contributed by atoms with Crippen molar-refractivity contribution in [1.82, 2.24) is 14.5 Å². The van der Waals surface area contributed by atoms with E-state index in [1.807, 2.05) is 18.2 Å². The Hall–Kier alpha value is -2.31. The number of hydrogen-bond donors (Lipinski definition) is 1. The third-order valence-corrected chi connectivity index (χ3v) is 7.23. The van der Waals surface area contributed by atoms with E-state index in [0.717, 1.165) is 31.6 Å². The average molecular weight is 420 g/mol. The summed E-state index contributed by atoms with van der Waals surface area (Å²) in [7, 11) is -1.37. The number of nitrogens with zero attached hydrogens (tertiary/aromatic N) is 4. The zero-order valence-electron chi connectivity index (χ0n) is 17.0. The van der Waals surface area contributed by atoms with Crippen molar-refractivity contribution < 1.29 is 13.2 Å². The number of nitrogens with one attached hydrogen (secondary N) is 1. The highest BCUT2D eigenvalue weighted by atomic mass is 32.2. The SMILES string of the molecule is CN(C(=O)NC1CCN(c2cccc(C#N)c2)CC1)C1CCN(S(C)(=O)=O)CC1. The molecule has 0 bridgehead atoms. The van der Waals surface area contributed by atoms with Crippen LogP contribution in [-0.4, -0.2) is 75.2 Å². The average Bonchev–Trinajstić information content (AvgIpc) is 2.73. The number of rotatable bonds is 4. The number of nitriles is 1. The summed E-state index contributed by atoms with van der Waals surface area (Å²) in [6.07, 6.45) is 4.24. The van der Waals surface area contributed by atoms with Gasteiger partial charge in [0.1, 0.15) is 0 Å². The van der Waals surface area contributed by atoms with Crippen LogP contribution in [0.1, 0.15) is 31.2 Å². The van der Waals surface area contributed by atoms with Crippen LogP contribution in [-0.2, 0) is 10.0 Å². The Balaban J connectivity index is 1.46. The van der Waals surface area contributed by atoms with Crippen LogP contribution in [0, 0.1) is 11.3 Å². The largest absolute Gasteiger partial charge is 0.371 e. The van der Waals surface area contributed by atoms with E-state index in [2.05, 4.69) is 16.3 Å². The zero-order chi connectivity index (χ0) is 21.0. The smallest absolute Gasteiger partial charge is 0.317 e. The molecule has 2 aliphatic heterocycles. The minimum atomic E-state index is -3.16. The first-order chi connectivity index (χ1) is 13.8. The van der Waals surface area contributed by atoms with Crippen LogP contribution in [0.25, 0.3) is 0 Å². The van der Waals surface area contributed by atoms with Gasteiger partial charge in [-0.05, 0) is 43.9 Å². The number of hydrogen-bond acceptors (Lipinski definition) is 5. The predicted octanol–water partition coefficient (Wildman–Crippen LogP) is 1.59. The minimum Gasteiger partial charge on any atom is -0.371 e. The van der Waals surface area contributed by atoms with Crippen molar-refractivity contribution in [3.8, 4) is 6.07 Å². The molecule has 0 aliphatic carbocycles. The summed E-state index contributed by atoms with van der Waals surface area (Å²) in [5.74, 6) is 0. The molecule has 158 valence electrons. The maximum Gasteiger partial charge on any atom is 0.317 e. The van der Waals surface area contributed by atoms with Crippen molar-refractivity contribution in [1.29, 1.82) is 5.26 Å². The first-order valence-corrected chi connectivity index (χ1v) is 11.9. The highest BCUT2D eigenvalue weighted by molar-refractivity contribution is 7.88. The Morgan fingerprint density at radius 2 is 1.83 bits per heavy atom. The summed E-state index contributed by atoms with van der Waals surface area (Å²) in [6.45, 7) is 2.58. The quantitative estimate of drug-likeness (QED) is 0.799. The van der Waals surface area contributed by atoms with Crippen LogP contribution in [0.15, 0.2) is 24.3 Å². The van der Waals surface area contributed by atoms with E-state index in [4.69, 9.17) is 5.26 Å². The molecular formula is C20H29N5O3S. The van der Waals surface area contributed by atoms with Crippen molar-refractivity contribution in [3.05, 3.63) is 29.8 Å². The maximum atomic E-state index is 12.7. The second-order valence-corrected chi connectivity index (χ2v) is 9.86. The lowest BCUT2D eigenvalue weighted by Gasteiger charge is -2.38. The van der Waals surface area contributed by atoms with Crippen LogP contribution in [0.4, 0.5) is 10.5 Å². The molecular weight excluding hydrogens is 390 g/mol. The number of sulfonamides is 1. The summed E-state index contributed by atoms with van der Waals surface area (Å²) in [4.78, 5) is 16.6. The van der Waals surface area contributed by atoms with E-state index < -0.39 is 10.0 Å². The van der Waals surface area contributed by atoms with Crippen LogP contribution in [0.3, 0.4) is 0 Å². The first kappa shape index (κ1) is 21.4. The van der Waals surface area contributed by atoms with Gasteiger partial charge in [-0.25, -0.2) is 17.5 Å². The Kier molecular flexibility index (Phi) is 6.65. The van der Waals surface area contributed by atoms with Gasteiger partial charge in [0.05, 0.1) is 17.9 Å². The number of benzene rings is 1. The molecule has 2 saturated heterocycles. The van der Waals surface area contributed by atoms with Gasteiger partial charge in [0.15, 0.2) is 0 Å². The van der Waals surface area contributed by atoms with Gasteiger partial charge < -0.3 is 15.1 Å². The van der Waals surface area contributed by atoms with Gasteiger partial charge in [0.2, 0.25) is 10.0 Å². The Morgan fingerprint density at radius 3 is 2.41 bits per heavy atom. The van der Waals surface area contributed by atoms with Gasteiger partial charge in [-0.3, -0.25) is 0 Å². The summed E-state index contributed by atoms with van der Waals surface area (Å²) >= 11 is 0. The zero-order valence-corrected chi connectivity index (χ0v) is 17.9. The lowest BCUT2D eigenvalue weighted by Crippen LogP contribution is -2.53. The number of piperidine rings is 2. The number of carbonyl (C=O) groups is 1. The molecule has 1 aromatic carbocycles. The predicted molar refractivity (Wildman–Crippen MR) is 112 cm³/mol. The fourth-order valence-corrected chi connectivity index (χ4v) is 4.93. The second kappa shape index (κ2) is 9.01. The molecule has 0 aromatic heterocycles. The standard InChI is InChI=1S/C20H29N5O3S/c1-23(18-8-12-25(13-9-18)29(2,27)28)20(26)22-17-6-10-24(11-7-17)19-5-3-4-16(14-19)15-21/h3-5,14,17-18H,6-13H2,1-2H3,(H,22,26). The molecule has 0 saturated carbocycles. The number of urea groups is 1. The van der Waals surface area contributed by atoms with Crippen LogP contribution < -0.4 is 10.2 Å². The van der Waals surface area contributed by atoms with Gasteiger partial charge in [-0.2, -0.15) is 5.26 Å². The molecule has 2 heterocycles. The summed E-state index contributed by atoms with van der Waals surface area (Å²) in [6, 6.07) is 9.86. The highest BCUT2D eigenvalue weighted by Crippen LogP contribution is 2.22. The van der Waals surface area contributed by atoms with E-state index in [0.29, 0.717) is 31.5 Å². The molecule has 8 nitrogen and oxygen atoms in total. The van der Waals surface area contributed by atoms with Crippen molar-refractivity contribution >= 4 is 21.7 Å². The molecule has 0 spiro atoms. The summed E-state index contributed by atoms with van der Waals surface area (Å²) in [5.41, 5.74) is 1.70. The number of amides is 2. The second-order valence-electron chi connectivity index (χ2n) is 7.88. The number of anilines is 1. The summed E-state index contributed by atoms with van der Waals surface area (Å²) < 4.78 is 24.8. The third-order valence-electron chi connectivity index (χ3n) is 5.92. The molecule has 0 unspecified atom stereocenters. The van der Waals surface area contributed by atoms with Gasteiger partial charge in [0.25, 0.3) is 0 Å². The topological polar surface area (TPSA) is 96.8 Å². The van der Waals surface area contributed by atoms with E-state index >= 15 is 0 Å². The highest BCUT2D eigenvalue weighted by Gasteiger charge is 2.30. The molecule has 2 amide bonds. The van der Waals surface area contributed by atoms with Gasteiger partial charge >= 0.3 is 6.03 Å². The lowest BCUT2D eigenvalue weighted by molar-refractivity contribution is 0.159. The molecule has 2 fully saturated rings. The maximum absolute atomic E-state index is 12.7. The third kappa shape index (κ3) is 5.40. The van der Waals surface area contributed by atoms with Gasteiger partial charge in [0, 0.05) is 51.0 Å². The molecule has 3 rings (SSSR count). The Bertz CT molecular complexity index is 866. The van der Waals surface area contributed by atoms with Crippen LogP contribution >= 0.6 is 0 Å². The Labute approximate surface area is 173 Å². The number of carbonyl (C=O) groups excluding carboxylic acids is 1. The molecule has 0 radical (unpaired) electrons. The van der Waals surface area contributed by atoms with E-state index in [-0.39, 0.29) is 18.1 Å². The van der Waals surface area contributed by atoms with Crippen LogP contribution in [0.2, 0.25) is 0 Å². The van der Waals surface area contributed by atoms with Gasteiger partial charge in [-0.1, -0.05) is 6.07 Å². The monoisotopic (exact) mass is 419 g/mol. The fourth-order valence-electron chi connectivity index (χ4n) is 4.06. The minimum absolute atomic E-state index is 0.0572. The Morgan fingerprint density at radius 1 is 1.17 bits per heavy atom.